The quantitative estimate of drug-likeness (QED) is 0.627. The van der Waals surface area contributed by atoms with Gasteiger partial charge in [-0.3, -0.25) is 14.4 Å². The van der Waals surface area contributed by atoms with Crippen molar-refractivity contribution in [1.82, 2.24) is 5.32 Å². The second kappa shape index (κ2) is 7.10. The number of carbonyl (C=O) groups is 3. The van der Waals surface area contributed by atoms with Crippen molar-refractivity contribution in [2.75, 3.05) is 6.61 Å². The van der Waals surface area contributed by atoms with E-state index < -0.39 is 23.5 Å². The second-order valence-electron chi connectivity index (χ2n) is 4.60. The van der Waals surface area contributed by atoms with E-state index in [0.29, 0.717) is 0 Å². The van der Waals surface area contributed by atoms with Gasteiger partial charge in [0, 0.05) is 18.6 Å². The molecule has 0 aromatic carbocycles. The molecule has 0 rings (SSSR count). The molecule has 0 radical (unpaired) electrons. The van der Waals surface area contributed by atoms with Crippen LogP contribution in [-0.4, -0.2) is 41.0 Å². The van der Waals surface area contributed by atoms with Crippen LogP contribution in [0.3, 0.4) is 0 Å². The molecular weight excluding hydrogens is 238 g/mol. The van der Waals surface area contributed by atoms with Crippen molar-refractivity contribution in [2.24, 2.45) is 0 Å². The molecular formula is C12H21NO5. The highest BCUT2D eigenvalue weighted by Gasteiger charge is 2.31. The maximum atomic E-state index is 11.9. The summed E-state index contributed by atoms with van der Waals surface area (Å²) in [5.41, 5.74) is -0.924. The lowest BCUT2D eigenvalue weighted by atomic mass is 10.00. The topological polar surface area (TPSA) is 92.7 Å². The third-order valence-electron chi connectivity index (χ3n) is 2.27. The number of nitrogens with one attached hydrogen (secondary N) is 1. The molecule has 0 spiro atoms. The van der Waals surface area contributed by atoms with E-state index in [4.69, 9.17) is 9.84 Å². The highest BCUT2D eigenvalue weighted by atomic mass is 16.5. The van der Waals surface area contributed by atoms with Gasteiger partial charge in [-0.15, -0.1) is 0 Å². The van der Waals surface area contributed by atoms with Crippen LogP contribution in [0.1, 0.15) is 40.5 Å². The number of hydrogen-bond donors (Lipinski definition) is 2. The minimum Gasteiger partial charge on any atom is -0.481 e. The number of ketones is 1. The average Bonchev–Trinajstić information content (AvgIpc) is 2.21. The van der Waals surface area contributed by atoms with E-state index in [9.17, 15) is 14.4 Å². The summed E-state index contributed by atoms with van der Waals surface area (Å²) < 4.78 is 5.10. The summed E-state index contributed by atoms with van der Waals surface area (Å²) in [7, 11) is 0. The van der Waals surface area contributed by atoms with Gasteiger partial charge in [-0.25, -0.2) is 0 Å². The van der Waals surface area contributed by atoms with Gasteiger partial charge in [0.15, 0.2) is 11.9 Å². The number of Topliss-reactive ketones (excluding diaryl/α,β-unsaturated/α-hetero) is 1. The van der Waals surface area contributed by atoms with E-state index in [1.54, 1.807) is 27.7 Å². The predicted molar refractivity (Wildman–Crippen MR) is 65.2 cm³/mol. The van der Waals surface area contributed by atoms with Crippen LogP contribution in [-0.2, 0) is 19.1 Å². The number of carboxylic acids is 1. The Bertz CT molecular complexity index is 324. The third kappa shape index (κ3) is 5.77. The van der Waals surface area contributed by atoms with Crippen molar-refractivity contribution < 1.29 is 24.2 Å². The van der Waals surface area contributed by atoms with Gasteiger partial charge in [-0.2, -0.15) is 0 Å². The van der Waals surface area contributed by atoms with Gasteiger partial charge in [0.05, 0.1) is 6.42 Å². The van der Waals surface area contributed by atoms with Crippen molar-refractivity contribution in [3.05, 3.63) is 0 Å². The monoisotopic (exact) mass is 259 g/mol. The van der Waals surface area contributed by atoms with Gasteiger partial charge in [0.25, 0.3) is 5.91 Å². The van der Waals surface area contributed by atoms with Crippen LogP contribution in [0.15, 0.2) is 0 Å². The lowest BCUT2D eigenvalue weighted by molar-refractivity contribution is -0.145. The van der Waals surface area contributed by atoms with Crippen molar-refractivity contribution in [2.45, 2.75) is 52.2 Å². The fourth-order valence-electron chi connectivity index (χ4n) is 1.49. The molecule has 1 amide bonds. The average molecular weight is 259 g/mol. The van der Waals surface area contributed by atoms with Gasteiger partial charge in [0.1, 0.15) is 0 Å². The van der Waals surface area contributed by atoms with Gasteiger partial charge in [-0.05, 0) is 20.8 Å². The van der Waals surface area contributed by atoms with Gasteiger partial charge in [-0.1, -0.05) is 6.92 Å². The molecule has 0 aromatic rings. The molecule has 2 N–H and O–H groups in total. The summed E-state index contributed by atoms with van der Waals surface area (Å²) in [4.78, 5) is 34.1. The molecule has 18 heavy (non-hydrogen) atoms. The highest BCUT2D eigenvalue weighted by molar-refractivity contribution is 6.04. The molecule has 0 fully saturated rings. The molecule has 0 aliphatic rings. The van der Waals surface area contributed by atoms with Crippen LogP contribution in [0.25, 0.3) is 0 Å². The fraction of sp³-hybridized carbons (Fsp3) is 0.750. The first-order chi connectivity index (χ1) is 8.23. The van der Waals surface area contributed by atoms with Gasteiger partial charge >= 0.3 is 5.97 Å². The van der Waals surface area contributed by atoms with Crippen molar-refractivity contribution in [1.29, 1.82) is 0 Å². The first kappa shape index (κ1) is 16.6. The summed E-state index contributed by atoms with van der Waals surface area (Å²) in [5, 5.41) is 11.2. The summed E-state index contributed by atoms with van der Waals surface area (Å²) in [6, 6.07) is 0. The SMILES string of the molecule is CCOC(C(=O)CC)C(=O)NC(C)(C)CC(=O)O. The van der Waals surface area contributed by atoms with Crippen LogP contribution in [0, 0.1) is 0 Å². The molecule has 0 bridgehead atoms. The molecule has 6 heteroatoms. The van der Waals surface area contributed by atoms with E-state index in [0.717, 1.165) is 0 Å². The van der Waals surface area contributed by atoms with Crippen LogP contribution in [0.2, 0.25) is 0 Å². The summed E-state index contributed by atoms with van der Waals surface area (Å²) in [5.74, 6) is -1.93. The van der Waals surface area contributed by atoms with E-state index in [-0.39, 0.29) is 25.2 Å². The number of ether oxygens (including phenoxy) is 1. The molecule has 0 saturated carbocycles. The molecule has 0 aromatic heterocycles. The smallest absolute Gasteiger partial charge is 0.305 e. The number of rotatable bonds is 8. The second-order valence-corrected chi connectivity index (χ2v) is 4.60. The molecule has 0 saturated heterocycles. The normalized spacial score (nSPS) is 12.9. The first-order valence-corrected chi connectivity index (χ1v) is 5.91. The Morgan fingerprint density at radius 2 is 1.83 bits per heavy atom. The highest BCUT2D eigenvalue weighted by Crippen LogP contribution is 2.10. The minimum atomic E-state index is -1.16. The predicted octanol–water partition coefficient (Wildman–Crippen LogP) is 0.740. The number of amides is 1. The fourth-order valence-corrected chi connectivity index (χ4v) is 1.49. The zero-order chi connectivity index (χ0) is 14.3. The molecule has 1 unspecified atom stereocenters. The molecule has 0 aliphatic carbocycles. The Labute approximate surface area is 107 Å². The van der Waals surface area contributed by atoms with Crippen molar-refractivity contribution in [3.8, 4) is 0 Å². The third-order valence-corrected chi connectivity index (χ3v) is 2.27. The Morgan fingerprint density at radius 3 is 2.22 bits per heavy atom. The molecule has 104 valence electrons. The van der Waals surface area contributed by atoms with Gasteiger partial charge in [0.2, 0.25) is 0 Å². The zero-order valence-electron chi connectivity index (χ0n) is 11.3. The van der Waals surface area contributed by atoms with Crippen LogP contribution in [0.5, 0.6) is 0 Å². The molecule has 1 atom stereocenters. The number of carboxylic acid groups (broad SMARTS) is 1. The number of aliphatic carboxylic acids is 1. The largest absolute Gasteiger partial charge is 0.481 e. The number of hydrogen-bond acceptors (Lipinski definition) is 4. The van der Waals surface area contributed by atoms with Gasteiger partial charge < -0.3 is 15.2 Å². The Hall–Kier alpha value is -1.43. The maximum absolute atomic E-state index is 11.9. The van der Waals surface area contributed by atoms with E-state index in [1.807, 2.05) is 0 Å². The van der Waals surface area contributed by atoms with E-state index >= 15 is 0 Å². The lowest BCUT2D eigenvalue weighted by Gasteiger charge is -2.26. The Morgan fingerprint density at radius 1 is 1.28 bits per heavy atom. The Kier molecular flexibility index (Phi) is 6.54. The standard InChI is InChI=1S/C12H21NO5/c1-5-8(14)10(18-6-2)11(17)13-12(3,4)7-9(15)16/h10H,5-7H2,1-4H3,(H,13,17)(H,15,16). The maximum Gasteiger partial charge on any atom is 0.305 e. The summed E-state index contributed by atoms with van der Waals surface area (Å²) >= 11 is 0. The number of carbonyl (C=O) groups excluding carboxylic acids is 2. The first-order valence-electron chi connectivity index (χ1n) is 5.91. The van der Waals surface area contributed by atoms with Crippen LogP contribution < -0.4 is 5.32 Å². The van der Waals surface area contributed by atoms with Crippen molar-refractivity contribution in [3.63, 3.8) is 0 Å². The lowest BCUT2D eigenvalue weighted by Crippen LogP contribution is -2.51. The summed E-state index contributed by atoms with van der Waals surface area (Å²) in [6.45, 7) is 6.73. The molecule has 6 nitrogen and oxygen atoms in total. The van der Waals surface area contributed by atoms with Crippen LogP contribution >= 0.6 is 0 Å². The zero-order valence-corrected chi connectivity index (χ0v) is 11.3. The summed E-state index contributed by atoms with van der Waals surface area (Å²) in [6.07, 6.45) is -1.19. The van der Waals surface area contributed by atoms with Crippen molar-refractivity contribution >= 4 is 17.7 Å². The van der Waals surface area contributed by atoms with Crippen LogP contribution in [0.4, 0.5) is 0 Å². The minimum absolute atomic E-state index is 0.192. The molecule has 0 aliphatic heterocycles. The Balaban J connectivity index is 4.69. The van der Waals surface area contributed by atoms with E-state index in [1.165, 1.54) is 0 Å². The van der Waals surface area contributed by atoms with E-state index in [2.05, 4.69) is 5.32 Å². The molecule has 0 heterocycles.